The van der Waals surface area contributed by atoms with Gasteiger partial charge in [0.25, 0.3) is 0 Å². The predicted octanol–water partition coefficient (Wildman–Crippen LogP) is 5.96. The minimum absolute atomic E-state index is 0.152. The highest BCUT2D eigenvalue weighted by molar-refractivity contribution is 7.98. The number of hydrogen-bond acceptors (Lipinski definition) is 5. The Morgan fingerprint density at radius 1 is 1.08 bits per heavy atom. The molecule has 36 heavy (non-hydrogen) atoms. The molecule has 1 heterocycles. The smallest absolute Gasteiger partial charge is 0.379 e. The molecule has 2 amide bonds. The van der Waals surface area contributed by atoms with Crippen LogP contribution in [-0.2, 0) is 19.9 Å². The third-order valence-electron chi connectivity index (χ3n) is 5.71. The predicted molar refractivity (Wildman–Crippen MR) is 141 cm³/mol. The fourth-order valence-corrected chi connectivity index (χ4v) is 4.48. The summed E-state index contributed by atoms with van der Waals surface area (Å²) in [5.74, 6) is -2.42. The van der Waals surface area contributed by atoms with Gasteiger partial charge in [-0.3, -0.25) is 14.3 Å². The first-order valence-electron chi connectivity index (χ1n) is 12.9. The van der Waals surface area contributed by atoms with Crippen LogP contribution in [0.3, 0.4) is 0 Å². The molecule has 10 heteroatoms. The lowest BCUT2D eigenvalue weighted by molar-refractivity contribution is -0.174. The summed E-state index contributed by atoms with van der Waals surface area (Å²) in [7, 11) is 1.60. The topological polar surface area (TPSA) is 79.5 Å². The van der Waals surface area contributed by atoms with Gasteiger partial charge in [0.15, 0.2) is 0 Å². The van der Waals surface area contributed by atoms with Crippen LogP contribution < -0.4 is 15.4 Å². The van der Waals surface area contributed by atoms with Crippen molar-refractivity contribution in [3.05, 3.63) is 29.8 Å². The summed E-state index contributed by atoms with van der Waals surface area (Å²) >= 11 is 1.14. The van der Waals surface area contributed by atoms with Crippen LogP contribution in [0.1, 0.15) is 79.7 Å². The van der Waals surface area contributed by atoms with Crippen LogP contribution in [0.25, 0.3) is 0 Å². The molecule has 208 valence electrons. The Bertz CT molecular complexity index is 766. The van der Waals surface area contributed by atoms with Gasteiger partial charge in [0.05, 0.1) is 17.6 Å². The number of carbonyl (C=O) groups is 2. The second-order valence-electron chi connectivity index (χ2n) is 7.82. The van der Waals surface area contributed by atoms with Crippen molar-refractivity contribution in [2.75, 3.05) is 13.7 Å². The molecule has 1 saturated heterocycles. The van der Waals surface area contributed by atoms with Crippen LogP contribution in [0, 0.1) is 5.92 Å². The Morgan fingerprint density at radius 3 is 2.06 bits per heavy atom. The number of benzene rings is 1. The fraction of sp³-hybridized carbons (Fsp3) is 0.692. The molecule has 1 aliphatic carbocycles. The molecule has 1 aliphatic heterocycles. The summed E-state index contributed by atoms with van der Waals surface area (Å²) in [5, 5.41) is 5.45. The maximum absolute atomic E-state index is 12.5. The van der Waals surface area contributed by atoms with Crippen molar-refractivity contribution in [1.29, 1.82) is 0 Å². The van der Waals surface area contributed by atoms with Gasteiger partial charge in [-0.25, -0.2) is 0 Å². The number of hydrogen-bond donors (Lipinski definition) is 3. The van der Waals surface area contributed by atoms with Gasteiger partial charge in [0.1, 0.15) is 0 Å². The van der Waals surface area contributed by atoms with Crippen molar-refractivity contribution < 1.29 is 27.5 Å². The fourth-order valence-electron chi connectivity index (χ4n) is 3.80. The summed E-state index contributed by atoms with van der Waals surface area (Å²) in [6.07, 6.45) is -2.17. The van der Waals surface area contributed by atoms with E-state index in [-0.39, 0.29) is 24.0 Å². The van der Waals surface area contributed by atoms with Gasteiger partial charge in [-0.1, -0.05) is 60.6 Å². The SMILES string of the molecule is CC.CC.CC.COC(C1CCCN1)C(C)C(=O)NSc1ccc(C2(NC(=O)C(F)(F)F)CC2)cc1. The first kappa shape index (κ1) is 34.2. The minimum Gasteiger partial charge on any atom is -0.379 e. The first-order chi connectivity index (χ1) is 17.2. The van der Waals surface area contributed by atoms with E-state index in [0.717, 1.165) is 36.2 Å². The summed E-state index contributed by atoms with van der Waals surface area (Å²) in [4.78, 5) is 24.5. The molecule has 1 saturated carbocycles. The van der Waals surface area contributed by atoms with Crippen LogP contribution in [0.4, 0.5) is 13.2 Å². The van der Waals surface area contributed by atoms with Gasteiger partial charge >= 0.3 is 12.1 Å². The van der Waals surface area contributed by atoms with Gasteiger partial charge in [0, 0.05) is 18.0 Å². The molecule has 3 unspecified atom stereocenters. The van der Waals surface area contributed by atoms with Crippen molar-refractivity contribution in [3.8, 4) is 0 Å². The quantitative estimate of drug-likeness (QED) is 0.358. The zero-order valence-corrected chi connectivity index (χ0v) is 23.7. The lowest BCUT2D eigenvalue weighted by Gasteiger charge is -2.27. The molecule has 1 aromatic rings. The molecule has 1 aromatic carbocycles. The van der Waals surface area contributed by atoms with E-state index >= 15 is 0 Å². The Kier molecular flexibility index (Phi) is 16.0. The number of amides is 2. The largest absolute Gasteiger partial charge is 0.471 e. The molecule has 2 fully saturated rings. The number of alkyl halides is 3. The van der Waals surface area contributed by atoms with E-state index < -0.39 is 17.6 Å². The maximum atomic E-state index is 12.5. The Balaban J connectivity index is 0.00000190. The van der Waals surface area contributed by atoms with Gasteiger partial charge in [-0.2, -0.15) is 13.2 Å². The molecule has 3 rings (SSSR count). The third-order valence-corrected chi connectivity index (χ3v) is 6.52. The molecule has 0 aromatic heterocycles. The number of methoxy groups -OCH3 is 1. The van der Waals surface area contributed by atoms with E-state index in [1.807, 2.05) is 48.5 Å². The normalized spacial score (nSPS) is 19.0. The van der Waals surface area contributed by atoms with E-state index in [2.05, 4.69) is 15.4 Å². The van der Waals surface area contributed by atoms with E-state index in [9.17, 15) is 22.8 Å². The van der Waals surface area contributed by atoms with Gasteiger partial charge < -0.3 is 15.4 Å². The minimum atomic E-state index is -4.90. The van der Waals surface area contributed by atoms with Gasteiger partial charge in [-0.15, -0.1) is 0 Å². The van der Waals surface area contributed by atoms with Crippen LogP contribution >= 0.6 is 11.9 Å². The van der Waals surface area contributed by atoms with Gasteiger partial charge in [0.2, 0.25) is 5.91 Å². The van der Waals surface area contributed by atoms with Crippen molar-refractivity contribution >= 4 is 23.8 Å². The van der Waals surface area contributed by atoms with Crippen LogP contribution in [0.2, 0.25) is 0 Å². The van der Waals surface area contributed by atoms with Crippen LogP contribution in [0.15, 0.2) is 29.2 Å². The van der Waals surface area contributed by atoms with E-state index in [1.54, 1.807) is 31.4 Å². The number of ether oxygens (including phenoxy) is 1. The summed E-state index contributed by atoms with van der Waals surface area (Å²) in [6, 6.07) is 6.96. The first-order valence-corrected chi connectivity index (χ1v) is 13.7. The lowest BCUT2D eigenvalue weighted by atomic mass is 9.96. The molecule has 0 radical (unpaired) electrons. The maximum Gasteiger partial charge on any atom is 0.471 e. The number of carbonyl (C=O) groups excluding carboxylic acids is 2. The molecule has 3 N–H and O–H groups in total. The molecular formula is C26H44F3N3O3S. The van der Waals surface area contributed by atoms with Gasteiger partial charge in [-0.05, 0) is 61.9 Å². The highest BCUT2D eigenvalue weighted by atomic mass is 32.2. The molecule has 0 spiro atoms. The zero-order chi connectivity index (χ0) is 27.9. The third kappa shape index (κ3) is 9.94. The molecule has 3 atom stereocenters. The Morgan fingerprint density at radius 2 is 1.64 bits per heavy atom. The summed E-state index contributed by atoms with van der Waals surface area (Å²) in [6.45, 7) is 14.7. The standard InChI is InChI=1S/C20H26F3N3O3S.3C2H6/c1-12(16(29-2)15-4-3-11-24-15)17(27)26-30-14-7-5-13(6-8-14)19(9-10-19)25-18(28)20(21,22)23;3*1-2/h5-8,12,15-16,24H,3-4,9-11H2,1-2H3,(H,25,28)(H,26,27);3*1-2H3. The lowest BCUT2D eigenvalue weighted by Crippen LogP contribution is -2.45. The summed E-state index contributed by atoms with van der Waals surface area (Å²) in [5.41, 5.74) is -0.330. The van der Waals surface area contributed by atoms with Crippen molar-refractivity contribution in [2.45, 2.75) is 103 Å². The van der Waals surface area contributed by atoms with Crippen molar-refractivity contribution in [2.24, 2.45) is 5.92 Å². The summed E-state index contributed by atoms with van der Waals surface area (Å²) < 4.78 is 46.0. The zero-order valence-electron chi connectivity index (χ0n) is 22.8. The monoisotopic (exact) mass is 535 g/mol. The van der Waals surface area contributed by atoms with E-state index in [0.29, 0.717) is 18.4 Å². The van der Waals surface area contributed by atoms with Crippen LogP contribution in [-0.4, -0.2) is 43.8 Å². The second kappa shape index (κ2) is 16.9. The number of halogens is 3. The van der Waals surface area contributed by atoms with Crippen molar-refractivity contribution in [1.82, 2.24) is 15.4 Å². The second-order valence-corrected chi connectivity index (χ2v) is 8.70. The average molecular weight is 536 g/mol. The molecule has 2 aliphatic rings. The highest BCUT2D eigenvalue weighted by Crippen LogP contribution is 2.46. The van der Waals surface area contributed by atoms with E-state index in [1.165, 1.54) is 0 Å². The Labute approximate surface area is 219 Å². The van der Waals surface area contributed by atoms with Crippen molar-refractivity contribution in [3.63, 3.8) is 0 Å². The van der Waals surface area contributed by atoms with E-state index in [4.69, 9.17) is 4.74 Å². The molecule has 0 bridgehead atoms. The highest BCUT2D eigenvalue weighted by Gasteiger charge is 2.51. The number of nitrogens with one attached hydrogen (secondary N) is 3. The Hall–Kier alpha value is -1.78. The molecule has 6 nitrogen and oxygen atoms in total. The number of rotatable bonds is 8. The van der Waals surface area contributed by atoms with Crippen LogP contribution in [0.5, 0.6) is 0 Å². The molecular weight excluding hydrogens is 491 g/mol. The average Bonchev–Trinajstić information content (AvgIpc) is 3.48.